The van der Waals surface area contributed by atoms with Crippen molar-refractivity contribution in [2.24, 2.45) is 17.3 Å². The van der Waals surface area contributed by atoms with Crippen LogP contribution in [0.3, 0.4) is 0 Å². The van der Waals surface area contributed by atoms with E-state index in [1.807, 2.05) is 6.08 Å². The number of aliphatic carboxylic acids is 1. The van der Waals surface area contributed by atoms with Gasteiger partial charge in [-0.3, -0.25) is 4.79 Å². The van der Waals surface area contributed by atoms with Gasteiger partial charge < -0.3 is 15.3 Å². The Morgan fingerprint density at radius 3 is 2.58 bits per heavy atom. The number of hydrogen-bond acceptors (Lipinski definition) is 3. The minimum absolute atomic E-state index is 0.00672. The van der Waals surface area contributed by atoms with Crippen molar-refractivity contribution in [2.75, 3.05) is 0 Å². The largest absolute Gasteiger partial charge is 0.481 e. The second-order valence-electron chi connectivity index (χ2n) is 8.59. The third-order valence-electron chi connectivity index (χ3n) is 6.57. The van der Waals surface area contributed by atoms with Gasteiger partial charge in [0.2, 0.25) is 0 Å². The quantitative estimate of drug-likeness (QED) is 0.277. The van der Waals surface area contributed by atoms with E-state index >= 15 is 0 Å². The SMILES string of the molecule is CC1(C(O)C/C=C/[C@H]2C(O)CC(Cl)[C@@H]2CCCCCCC(=O)O)CCC1. The van der Waals surface area contributed by atoms with Gasteiger partial charge in [-0.25, -0.2) is 0 Å². The van der Waals surface area contributed by atoms with Crippen molar-refractivity contribution < 1.29 is 20.1 Å². The van der Waals surface area contributed by atoms with Crippen molar-refractivity contribution in [1.82, 2.24) is 0 Å². The predicted molar refractivity (Wildman–Crippen MR) is 104 cm³/mol. The van der Waals surface area contributed by atoms with Gasteiger partial charge in [-0.05, 0) is 49.9 Å². The molecule has 0 aromatic rings. The summed E-state index contributed by atoms with van der Waals surface area (Å²) in [6.07, 6.45) is 13.0. The van der Waals surface area contributed by atoms with Crippen LogP contribution in [-0.2, 0) is 4.79 Å². The first-order chi connectivity index (χ1) is 12.3. The van der Waals surface area contributed by atoms with E-state index in [9.17, 15) is 15.0 Å². The zero-order chi connectivity index (χ0) is 19.2. The number of aliphatic hydroxyl groups excluding tert-OH is 2. The number of carboxylic acid groups (broad SMARTS) is 1. The molecule has 0 saturated heterocycles. The maximum Gasteiger partial charge on any atom is 0.303 e. The van der Waals surface area contributed by atoms with Gasteiger partial charge in [-0.1, -0.05) is 44.8 Å². The molecule has 2 fully saturated rings. The Kier molecular flexibility index (Phi) is 8.43. The molecule has 0 heterocycles. The number of aliphatic hydroxyl groups is 2. The van der Waals surface area contributed by atoms with E-state index in [1.165, 1.54) is 6.42 Å². The molecule has 4 nitrogen and oxygen atoms in total. The molecular weight excluding hydrogens is 352 g/mol. The summed E-state index contributed by atoms with van der Waals surface area (Å²) in [4.78, 5) is 10.5. The van der Waals surface area contributed by atoms with Crippen LogP contribution in [-0.4, -0.2) is 38.9 Å². The first-order valence-electron chi connectivity index (χ1n) is 10.2. The van der Waals surface area contributed by atoms with Gasteiger partial charge in [0.1, 0.15) is 0 Å². The molecule has 2 aliphatic carbocycles. The van der Waals surface area contributed by atoms with Gasteiger partial charge in [0, 0.05) is 17.7 Å². The minimum Gasteiger partial charge on any atom is -0.481 e. The monoisotopic (exact) mass is 386 g/mol. The highest BCUT2D eigenvalue weighted by atomic mass is 35.5. The molecule has 0 bridgehead atoms. The van der Waals surface area contributed by atoms with Crippen LogP contribution in [0.5, 0.6) is 0 Å². The average molecular weight is 387 g/mol. The lowest BCUT2D eigenvalue weighted by Gasteiger charge is -2.42. The molecule has 0 radical (unpaired) electrons. The van der Waals surface area contributed by atoms with Crippen LogP contribution in [0.4, 0.5) is 0 Å². The molecule has 3 unspecified atom stereocenters. The Morgan fingerprint density at radius 2 is 1.96 bits per heavy atom. The molecule has 5 atom stereocenters. The highest BCUT2D eigenvalue weighted by molar-refractivity contribution is 6.21. The number of carbonyl (C=O) groups is 1. The maximum absolute atomic E-state index is 10.5. The van der Waals surface area contributed by atoms with Crippen molar-refractivity contribution in [2.45, 2.75) is 95.1 Å². The number of alkyl halides is 1. The Hall–Kier alpha value is -0.580. The van der Waals surface area contributed by atoms with Gasteiger partial charge in [0.05, 0.1) is 12.2 Å². The second kappa shape index (κ2) is 10.1. The number of unbranched alkanes of at least 4 members (excludes halogenated alkanes) is 3. The summed E-state index contributed by atoms with van der Waals surface area (Å²) in [6.45, 7) is 2.15. The van der Waals surface area contributed by atoms with E-state index in [0.717, 1.165) is 44.9 Å². The Labute approximate surface area is 162 Å². The zero-order valence-corrected chi connectivity index (χ0v) is 16.7. The van der Waals surface area contributed by atoms with Crippen LogP contribution in [0.15, 0.2) is 12.2 Å². The van der Waals surface area contributed by atoms with Crippen LogP contribution >= 0.6 is 11.6 Å². The molecule has 0 aliphatic heterocycles. The van der Waals surface area contributed by atoms with E-state index in [2.05, 4.69) is 13.0 Å². The van der Waals surface area contributed by atoms with E-state index in [0.29, 0.717) is 12.8 Å². The molecular formula is C21H35ClO4. The zero-order valence-electron chi connectivity index (χ0n) is 15.9. The van der Waals surface area contributed by atoms with Gasteiger partial charge in [-0.2, -0.15) is 0 Å². The van der Waals surface area contributed by atoms with Crippen LogP contribution in [0.1, 0.15) is 77.6 Å². The molecule has 2 saturated carbocycles. The normalized spacial score (nSPS) is 31.8. The summed E-state index contributed by atoms with van der Waals surface area (Å²) in [5.74, 6) is -0.398. The summed E-state index contributed by atoms with van der Waals surface area (Å²) < 4.78 is 0. The van der Waals surface area contributed by atoms with Gasteiger partial charge in [-0.15, -0.1) is 11.6 Å². The Balaban J connectivity index is 1.75. The van der Waals surface area contributed by atoms with Crippen molar-refractivity contribution in [3.63, 3.8) is 0 Å². The molecule has 2 rings (SSSR count). The second-order valence-corrected chi connectivity index (χ2v) is 9.15. The van der Waals surface area contributed by atoms with Crippen molar-refractivity contribution >= 4 is 17.6 Å². The van der Waals surface area contributed by atoms with Crippen molar-refractivity contribution in [3.8, 4) is 0 Å². The molecule has 26 heavy (non-hydrogen) atoms. The highest BCUT2D eigenvalue weighted by Gasteiger charge is 2.40. The van der Waals surface area contributed by atoms with Crippen LogP contribution < -0.4 is 0 Å². The fourth-order valence-corrected chi connectivity index (χ4v) is 4.94. The molecule has 5 heteroatoms. The lowest BCUT2D eigenvalue weighted by atomic mass is 9.66. The Morgan fingerprint density at radius 1 is 1.27 bits per heavy atom. The number of hydrogen-bond donors (Lipinski definition) is 3. The number of carboxylic acids is 1. The van der Waals surface area contributed by atoms with Crippen LogP contribution in [0, 0.1) is 17.3 Å². The summed E-state index contributed by atoms with van der Waals surface area (Å²) in [5.41, 5.74) is 0.0724. The van der Waals surface area contributed by atoms with Crippen LogP contribution in [0.25, 0.3) is 0 Å². The lowest BCUT2D eigenvalue weighted by Crippen LogP contribution is -2.38. The van der Waals surface area contributed by atoms with Crippen molar-refractivity contribution in [3.05, 3.63) is 12.2 Å². The molecule has 0 amide bonds. The topological polar surface area (TPSA) is 77.8 Å². The summed E-state index contributed by atoms with van der Waals surface area (Å²) >= 11 is 6.47. The van der Waals surface area contributed by atoms with E-state index in [1.54, 1.807) is 0 Å². The first-order valence-corrected chi connectivity index (χ1v) is 10.7. The van der Waals surface area contributed by atoms with E-state index in [4.69, 9.17) is 16.7 Å². The minimum atomic E-state index is -0.729. The summed E-state index contributed by atoms with van der Waals surface area (Å²) in [7, 11) is 0. The molecule has 3 N–H and O–H groups in total. The van der Waals surface area contributed by atoms with Gasteiger partial charge in [0.15, 0.2) is 0 Å². The fourth-order valence-electron chi connectivity index (χ4n) is 4.46. The molecule has 0 spiro atoms. The number of halogens is 1. The molecule has 150 valence electrons. The molecule has 0 aromatic carbocycles. The lowest BCUT2D eigenvalue weighted by molar-refractivity contribution is -0.137. The maximum atomic E-state index is 10.5. The third-order valence-corrected chi connectivity index (χ3v) is 7.07. The van der Waals surface area contributed by atoms with Crippen molar-refractivity contribution in [1.29, 1.82) is 0 Å². The first kappa shape index (κ1) is 21.7. The Bertz CT molecular complexity index is 475. The summed E-state index contributed by atoms with van der Waals surface area (Å²) in [5, 5.41) is 29.4. The average Bonchev–Trinajstić information content (AvgIpc) is 2.81. The molecule has 2 aliphatic rings. The van der Waals surface area contributed by atoms with E-state index < -0.39 is 12.1 Å². The van der Waals surface area contributed by atoms with E-state index in [-0.39, 0.29) is 35.2 Å². The smallest absolute Gasteiger partial charge is 0.303 e. The fraction of sp³-hybridized carbons (Fsp3) is 0.857. The summed E-state index contributed by atoms with van der Waals surface area (Å²) in [6, 6.07) is 0. The third kappa shape index (κ3) is 5.97. The van der Waals surface area contributed by atoms with Gasteiger partial charge in [0.25, 0.3) is 0 Å². The highest BCUT2D eigenvalue weighted by Crippen LogP contribution is 2.45. The number of rotatable bonds is 11. The van der Waals surface area contributed by atoms with Crippen LogP contribution in [0.2, 0.25) is 0 Å². The van der Waals surface area contributed by atoms with Gasteiger partial charge >= 0.3 is 5.97 Å². The predicted octanol–water partition coefficient (Wildman–Crippen LogP) is 4.51. The molecule has 0 aromatic heterocycles. The standard InChI is InChI=1S/C21H35ClO4/c1-21(12-7-13-21)19(24)10-6-9-16-15(17(22)14-18(16)23)8-4-2-3-5-11-20(25)26/h6,9,15-19,23-24H,2-5,7-8,10-14H2,1H3,(H,25,26)/b9-6+/t15-,16-,17?,18?,19?/m1/s1.